The summed E-state index contributed by atoms with van der Waals surface area (Å²) < 4.78 is 34.7. The number of rotatable bonds is 62. The molecule has 466 valence electrons. The summed E-state index contributed by atoms with van der Waals surface area (Å²) in [6.07, 6.45) is 81.4. The Morgan fingerprint density at radius 2 is 0.713 bits per heavy atom. The van der Waals surface area contributed by atoms with E-state index in [0.29, 0.717) is 17.4 Å². The SMILES string of the molecule is CC/C=C\C/C=C\C/C=C\C/C=C\C/C=C\CCCCCCCCCCCCCCCCCCCCCC(=O)OC(COC(=O)CCCCCCCCCCC/C=C\CCCCCCCCCC)COP(=O)(O)OCC[N+](C)(C)C. The standard InChI is InChI=1S/C70H128NO8P/c1-6-8-10-12-14-16-18-20-22-24-26-28-29-30-31-32-33-34-35-36-37-38-39-40-41-43-45-47-49-51-53-55-57-59-61-63-70(73)79-68(67-78-80(74,75)77-65-64-71(3,4)5)66-76-69(72)62-60-58-56-54-52-50-48-46-44-42-27-25-23-21-19-17-15-13-11-9-7-2/h8,10,14,16,20,22,25-28,30-31,68H,6-7,9,11-13,15,17-19,21,23-24,29,32-67H2,1-5H3/p+1/b10-8-,16-14-,22-20-,27-25-,28-26-,31-30-. The predicted octanol–water partition coefficient (Wildman–Crippen LogP) is 21.6. The first-order chi connectivity index (χ1) is 39.0. The van der Waals surface area contributed by atoms with Gasteiger partial charge in [-0.15, -0.1) is 0 Å². The Morgan fingerprint density at radius 3 is 1.07 bits per heavy atom. The number of ether oxygens (including phenoxy) is 2. The monoisotopic (exact) mass is 1140 g/mol. The molecule has 2 unspecified atom stereocenters. The molecule has 10 heteroatoms. The van der Waals surface area contributed by atoms with Gasteiger partial charge in [0.1, 0.15) is 19.8 Å². The molecule has 0 heterocycles. The lowest BCUT2D eigenvalue weighted by molar-refractivity contribution is -0.870. The number of carbonyl (C=O) groups excluding carboxylic acids is 2. The molecule has 0 aliphatic carbocycles. The molecule has 0 aliphatic rings. The second kappa shape index (κ2) is 61.0. The van der Waals surface area contributed by atoms with Crippen LogP contribution >= 0.6 is 7.82 Å². The van der Waals surface area contributed by atoms with Gasteiger partial charge in [-0.1, -0.05) is 286 Å². The zero-order valence-corrected chi connectivity index (χ0v) is 54.0. The Hall–Kier alpha value is -2.55. The zero-order valence-electron chi connectivity index (χ0n) is 53.1. The maximum Gasteiger partial charge on any atom is 0.472 e. The lowest BCUT2D eigenvalue weighted by Gasteiger charge is -2.24. The molecule has 0 radical (unpaired) electrons. The Balaban J connectivity index is 4.01. The van der Waals surface area contributed by atoms with E-state index in [0.717, 1.165) is 64.2 Å². The van der Waals surface area contributed by atoms with E-state index in [2.05, 4.69) is 86.8 Å². The number of nitrogens with zero attached hydrogens (tertiary/aromatic N) is 1. The number of esters is 2. The first kappa shape index (κ1) is 77.5. The Morgan fingerprint density at radius 1 is 0.400 bits per heavy atom. The predicted molar refractivity (Wildman–Crippen MR) is 344 cm³/mol. The quantitative estimate of drug-likeness (QED) is 0.0211. The molecule has 0 aromatic heterocycles. The van der Waals surface area contributed by atoms with Crippen molar-refractivity contribution in [2.45, 2.75) is 315 Å². The molecule has 0 aromatic carbocycles. The van der Waals surface area contributed by atoms with Crippen molar-refractivity contribution >= 4 is 19.8 Å². The number of allylic oxidation sites excluding steroid dienone is 12. The number of phosphoric ester groups is 1. The molecule has 0 saturated carbocycles. The van der Waals surface area contributed by atoms with Gasteiger partial charge in [-0.25, -0.2) is 4.57 Å². The molecule has 0 aromatic rings. The summed E-state index contributed by atoms with van der Waals surface area (Å²) in [5.41, 5.74) is 0. The largest absolute Gasteiger partial charge is 0.472 e. The van der Waals surface area contributed by atoms with E-state index < -0.39 is 26.5 Å². The molecule has 0 aliphatic heterocycles. The number of hydrogen-bond donors (Lipinski definition) is 1. The van der Waals surface area contributed by atoms with Crippen molar-refractivity contribution in [3.63, 3.8) is 0 Å². The third-order valence-electron chi connectivity index (χ3n) is 14.7. The summed E-state index contributed by atoms with van der Waals surface area (Å²) in [4.78, 5) is 35.8. The third-order valence-corrected chi connectivity index (χ3v) is 15.7. The molecular weight excluding hydrogens is 1010 g/mol. The van der Waals surface area contributed by atoms with Gasteiger partial charge in [-0.2, -0.15) is 0 Å². The van der Waals surface area contributed by atoms with Crippen LogP contribution in [0.1, 0.15) is 309 Å². The fourth-order valence-corrected chi connectivity index (χ4v) is 10.3. The second-order valence-corrected chi connectivity index (χ2v) is 25.3. The van der Waals surface area contributed by atoms with Crippen LogP contribution in [0.5, 0.6) is 0 Å². The summed E-state index contributed by atoms with van der Waals surface area (Å²) in [6.45, 7) is 4.36. The van der Waals surface area contributed by atoms with Crippen LogP contribution in [0.2, 0.25) is 0 Å². The number of phosphoric acid groups is 1. The van der Waals surface area contributed by atoms with E-state index in [1.54, 1.807) is 0 Å². The number of carbonyl (C=O) groups is 2. The summed E-state index contributed by atoms with van der Waals surface area (Å²) in [7, 11) is 1.49. The normalized spacial score (nSPS) is 13.6. The Kier molecular flexibility index (Phi) is 59.1. The zero-order chi connectivity index (χ0) is 58.4. The van der Waals surface area contributed by atoms with Gasteiger partial charge in [0.2, 0.25) is 0 Å². The summed E-state index contributed by atoms with van der Waals surface area (Å²) in [5.74, 6) is -0.787. The highest BCUT2D eigenvalue weighted by Gasteiger charge is 2.27. The van der Waals surface area contributed by atoms with Crippen molar-refractivity contribution in [3.8, 4) is 0 Å². The highest BCUT2D eigenvalue weighted by molar-refractivity contribution is 7.47. The van der Waals surface area contributed by atoms with Crippen molar-refractivity contribution in [2.24, 2.45) is 0 Å². The second-order valence-electron chi connectivity index (χ2n) is 23.8. The minimum atomic E-state index is -4.39. The van der Waals surface area contributed by atoms with Crippen LogP contribution in [0.3, 0.4) is 0 Å². The third kappa shape index (κ3) is 64.6. The first-order valence-corrected chi connectivity index (χ1v) is 35.2. The Labute approximate surface area is 495 Å². The van der Waals surface area contributed by atoms with Crippen LogP contribution in [0.15, 0.2) is 72.9 Å². The number of hydrogen-bond acceptors (Lipinski definition) is 7. The molecule has 1 N–H and O–H groups in total. The first-order valence-electron chi connectivity index (χ1n) is 33.7. The molecule has 0 amide bonds. The lowest BCUT2D eigenvalue weighted by Crippen LogP contribution is -2.37. The van der Waals surface area contributed by atoms with Gasteiger partial charge in [0.15, 0.2) is 6.10 Å². The van der Waals surface area contributed by atoms with Gasteiger partial charge in [0.25, 0.3) is 0 Å². The lowest BCUT2D eigenvalue weighted by atomic mass is 10.0. The van der Waals surface area contributed by atoms with Gasteiger partial charge in [0, 0.05) is 12.8 Å². The van der Waals surface area contributed by atoms with E-state index in [1.807, 2.05) is 21.1 Å². The fourth-order valence-electron chi connectivity index (χ4n) is 9.57. The maximum atomic E-state index is 12.9. The number of unbranched alkanes of at least 4 members (excludes halogenated alkanes) is 36. The molecular formula is C70H129NO8P+. The van der Waals surface area contributed by atoms with E-state index in [1.165, 1.54) is 212 Å². The summed E-state index contributed by atoms with van der Waals surface area (Å²) in [5, 5.41) is 0. The van der Waals surface area contributed by atoms with Crippen LogP contribution in [0.4, 0.5) is 0 Å². The molecule has 0 spiro atoms. The van der Waals surface area contributed by atoms with Crippen LogP contribution in [-0.2, 0) is 32.7 Å². The van der Waals surface area contributed by atoms with Gasteiger partial charge in [-0.3, -0.25) is 18.6 Å². The number of likely N-dealkylation sites (N-methyl/N-ethyl adjacent to an activating group) is 1. The molecule has 0 rings (SSSR count). The van der Waals surface area contributed by atoms with Crippen LogP contribution in [0.25, 0.3) is 0 Å². The Bertz CT molecular complexity index is 1580. The molecule has 9 nitrogen and oxygen atoms in total. The summed E-state index contributed by atoms with van der Waals surface area (Å²) in [6, 6.07) is 0. The van der Waals surface area contributed by atoms with Crippen molar-refractivity contribution in [1.82, 2.24) is 0 Å². The smallest absolute Gasteiger partial charge is 0.462 e. The van der Waals surface area contributed by atoms with Crippen molar-refractivity contribution in [2.75, 3.05) is 47.5 Å². The van der Waals surface area contributed by atoms with Crippen molar-refractivity contribution in [3.05, 3.63) is 72.9 Å². The summed E-state index contributed by atoms with van der Waals surface area (Å²) >= 11 is 0. The van der Waals surface area contributed by atoms with Crippen LogP contribution in [0, 0.1) is 0 Å². The molecule has 0 saturated heterocycles. The van der Waals surface area contributed by atoms with E-state index in [4.69, 9.17) is 18.5 Å². The minimum absolute atomic E-state index is 0.0316. The average molecular weight is 1140 g/mol. The van der Waals surface area contributed by atoms with Crippen molar-refractivity contribution in [1.29, 1.82) is 0 Å². The van der Waals surface area contributed by atoms with Gasteiger partial charge in [0.05, 0.1) is 27.7 Å². The van der Waals surface area contributed by atoms with Crippen molar-refractivity contribution < 1.29 is 42.1 Å². The van der Waals surface area contributed by atoms with Gasteiger partial charge >= 0.3 is 19.8 Å². The van der Waals surface area contributed by atoms with E-state index in [9.17, 15) is 19.0 Å². The maximum absolute atomic E-state index is 12.9. The fraction of sp³-hybridized carbons (Fsp3) is 0.800. The van der Waals surface area contributed by atoms with Gasteiger partial charge in [-0.05, 0) is 83.5 Å². The van der Waals surface area contributed by atoms with Crippen LogP contribution < -0.4 is 0 Å². The molecule has 0 bridgehead atoms. The highest BCUT2D eigenvalue weighted by Crippen LogP contribution is 2.43. The van der Waals surface area contributed by atoms with E-state index >= 15 is 0 Å². The highest BCUT2D eigenvalue weighted by atomic mass is 31.2. The molecule has 0 fully saturated rings. The van der Waals surface area contributed by atoms with Gasteiger partial charge < -0.3 is 18.9 Å². The molecule has 80 heavy (non-hydrogen) atoms. The van der Waals surface area contributed by atoms with E-state index in [-0.39, 0.29) is 32.0 Å². The minimum Gasteiger partial charge on any atom is -0.462 e. The van der Waals surface area contributed by atoms with Crippen LogP contribution in [-0.4, -0.2) is 74.9 Å². The topological polar surface area (TPSA) is 108 Å². The number of quaternary nitrogens is 1. The molecule has 2 atom stereocenters. The average Bonchev–Trinajstić information content (AvgIpc) is 3.42.